The van der Waals surface area contributed by atoms with Crippen molar-refractivity contribution in [1.82, 2.24) is 57.2 Å². The Labute approximate surface area is 453 Å². The first kappa shape index (κ1) is 68.2. The Kier molecular flexibility index (Phi) is 29.3. The molecule has 0 bridgehead atoms. The highest BCUT2D eigenvalue weighted by molar-refractivity contribution is 5.97. The molecule has 1 fully saturated rings. The lowest BCUT2D eigenvalue weighted by molar-refractivity contribution is -0.145. The summed E-state index contributed by atoms with van der Waals surface area (Å²) >= 11 is 0. The van der Waals surface area contributed by atoms with Crippen LogP contribution in [0.3, 0.4) is 0 Å². The molecule has 1 rings (SSSR count). The van der Waals surface area contributed by atoms with Gasteiger partial charge in [0.2, 0.25) is 65.0 Å². The lowest BCUT2D eigenvalue weighted by Crippen LogP contribution is -2.60. The maximum atomic E-state index is 14.3. The highest BCUT2D eigenvalue weighted by atomic mass is 16.2. The van der Waals surface area contributed by atoms with Gasteiger partial charge in [0.05, 0.1) is 0 Å². The summed E-state index contributed by atoms with van der Waals surface area (Å²) in [4.78, 5) is 156. The van der Waals surface area contributed by atoms with Gasteiger partial charge in [0.15, 0.2) is 0 Å². The third kappa shape index (κ3) is 21.3. The Morgan fingerprint density at radius 1 is 0.408 bits per heavy atom. The van der Waals surface area contributed by atoms with Gasteiger partial charge in [-0.05, 0) is 61.2 Å². The van der Waals surface area contributed by atoms with E-state index in [9.17, 15) is 52.7 Å². The minimum atomic E-state index is -1.10. The van der Waals surface area contributed by atoms with E-state index >= 15 is 0 Å². The van der Waals surface area contributed by atoms with Crippen molar-refractivity contribution in [2.75, 3.05) is 40.8 Å². The molecule has 0 aromatic heterocycles. The summed E-state index contributed by atoms with van der Waals surface area (Å²) in [6.07, 6.45) is 0.756. The molecule has 0 spiro atoms. The monoisotopic (exact) mass is 1080 g/mol. The van der Waals surface area contributed by atoms with E-state index in [0.29, 0.717) is 12.8 Å². The fourth-order valence-electron chi connectivity index (χ4n) is 9.26. The zero-order valence-corrected chi connectivity index (χ0v) is 49.1. The number of carbonyl (C=O) groups excluding carboxylic acids is 11. The molecular weight excluding hydrogens is 979 g/mol. The van der Waals surface area contributed by atoms with Crippen LogP contribution in [-0.2, 0) is 52.7 Å². The third-order valence-electron chi connectivity index (χ3n) is 14.0. The highest BCUT2D eigenvalue weighted by Crippen LogP contribution is 2.20. The average Bonchev–Trinajstić information content (AvgIpc) is 3.32. The van der Waals surface area contributed by atoms with E-state index in [1.54, 1.807) is 55.4 Å². The normalized spacial score (nSPS) is 26.4. The molecule has 10 atom stereocenters. The first-order chi connectivity index (χ1) is 35.3. The minimum Gasteiger partial charge on any atom is -0.354 e. The molecule has 434 valence electrons. The quantitative estimate of drug-likeness (QED) is 0.147. The molecule has 0 radical (unpaired) electrons. The van der Waals surface area contributed by atoms with Gasteiger partial charge < -0.3 is 57.2 Å². The summed E-state index contributed by atoms with van der Waals surface area (Å²) in [7, 11) is 4.39. The lowest BCUT2D eigenvalue weighted by atomic mass is 9.94. The molecule has 11 amide bonds. The van der Waals surface area contributed by atoms with Gasteiger partial charge in [0.25, 0.3) is 0 Å². The fourth-order valence-corrected chi connectivity index (χ4v) is 9.26. The maximum absolute atomic E-state index is 14.3. The molecule has 0 aromatic carbocycles. The van der Waals surface area contributed by atoms with Gasteiger partial charge in [-0.15, -0.1) is 0 Å². The molecule has 1 heterocycles. The van der Waals surface area contributed by atoms with Crippen molar-refractivity contribution >= 4 is 65.0 Å². The summed E-state index contributed by atoms with van der Waals surface area (Å²) in [6.45, 7) is 26.3. The van der Waals surface area contributed by atoms with E-state index in [-0.39, 0.29) is 75.4 Å². The van der Waals surface area contributed by atoms with Crippen LogP contribution in [0.5, 0.6) is 0 Å². The van der Waals surface area contributed by atoms with Gasteiger partial charge in [-0.1, -0.05) is 110 Å². The first-order valence-electron chi connectivity index (χ1n) is 27.4. The number of nitrogens with one attached hydrogen (secondary N) is 8. The average molecular weight is 1080 g/mol. The van der Waals surface area contributed by atoms with E-state index in [2.05, 4.69) is 42.5 Å². The molecule has 0 aromatic rings. The number of amides is 11. The standard InChI is InChI=1S/C54H97N11O11/c1-19-34(13)43-54(76)64(17)45(33(11)12)50(72)58-36(15)47(69)55-24-21-39(66)60-38(28-30(5)6)53(75)65(18)46(35(14)20-2)51(73)62-42(31(7)8)48(70)56-25-22-40(67)59-37(27-29(3)4)52(74)63(16)44(32(9)10)49(71)57-26-23-41(68)61-43/h29-38,42-46H,19-28H2,1-18H3,(H,55,69)(H,56,70)(H,57,71)(H,58,72)(H,59,67)(H,60,66)(H,61,68)(H,62,73)/t34-,35-,36-,37+,38+,42-,43+,44-,45-,46+/m0/s1. The third-order valence-corrected chi connectivity index (χ3v) is 14.0. The number of hydrogen-bond acceptors (Lipinski definition) is 11. The molecule has 1 aliphatic rings. The van der Waals surface area contributed by atoms with Crippen LogP contribution in [0.15, 0.2) is 0 Å². The van der Waals surface area contributed by atoms with Crippen molar-refractivity contribution in [1.29, 1.82) is 0 Å². The number of nitrogens with zero attached hydrogens (tertiary/aromatic N) is 3. The van der Waals surface area contributed by atoms with E-state index in [1.807, 2.05) is 41.5 Å². The van der Waals surface area contributed by atoms with Crippen LogP contribution in [0.1, 0.15) is 149 Å². The smallest absolute Gasteiger partial charge is 0.245 e. The summed E-state index contributed by atoms with van der Waals surface area (Å²) in [5, 5.41) is 22.0. The number of carbonyl (C=O) groups is 11. The van der Waals surface area contributed by atoms with Gasteiger partial charge in [0.1, 0.15) is 48.3 Å². The van der Waals surface area contributed by atoms with E-state index in [4.69, 9.17) is 0 Å². The number of hydrogen-bond donors (Lipinski definition) is 8. The maximum Gasteiger partial charge on any atom is 0.245 e. The molecule has 1 aliphatic heterocycles. The highest BCUT2D eigenvalue weighted by Gasteiger charge is 2.40. The van der Waals surface area contributed by atoms with Crippen LogP contribution in [0.4, 0.5) is 0 Å². The lowest BCUT2D eigenvalue weighted by Gasteiger charge is -2.35. The molecule has 8 N–H and O–H groups in total. The van der Waals surface area contributed by atoms with Crippen molar-refractivity contribution in [3.63, 3.8) is 0 Å². The Morgan fingerprint density at radius 2 is 0.776 bits per heavy atom. The number of rotatable bonds is 11. The molecule has 0 unspecified atom stereocenters. The molecule has 76 heavy (non-hydrogen) atoms. The zero-order valence-electron chi connectivity index (χ0n) is 49.1. The van der Waals surface area contributed by atoms with Gasteiger partial charge in [0, 0.05) is 60.0 Å². The Hall–Kier alpha value is -5.83. The van der Waals surface area contributed by atoms with Crippen LogP contribution in [-0.4, -0.2) is 169 Å². The summed E-state index contributed by atoms with van der Waals surface area (Å²) in [5.41, 5.74) is 0. The second-order valence-electron chi connectivity index (χ2n) is 22.6. The van der Waals surface area contributed by atoms with Gasteiger partial charge in [-0.3, -0.25) is 52.7 Å². The van der Waals surface area contributed by atoms with E-state index < -0.39 is 131 Å². The Balaban J connectivity index is 3.73. The van der Waals surface area contributed by atoms with Crippen molar-refractivity contribution in [3.8, 4) is 0 Å². The van der Waals surface area contributed by atoms with Crippen LogP contribution in [0.2, 0.25) is 0 Å². The molecule has 0 aliphatic carbocycles. The SMILES string of the molecule is CC[C@H](C)[C@H]1NC(=O)CCNC(=O)[C@H](C(C)C)N(C)C(=O)[C@@H](CC(C)C)NC(=O)CCNC(=O)[C@H](C(C)C)NC(=O)[C@@H]([C@@H](C)CC)N(C)C(=O)[C@@H](CC(C)C)NC(=O)CCNC(=O)[C@H](C)NC(=O)[C@H](C(C)C)N(C)C1=O. The topological polar surface area (TPSA) is 294 Å². The van der Waals surface area contributed by atoms with Crippen molar-refractivity contribution < 1.29 is 52.7 Å². The van der Waals surface area contributed by atoms with Gasteiger partial charge >= 0.3 is 0 Å². The largest absolute Gasteiger partial charge is 0.354 e. The first-order valence-corrected chi connectivity index (χ1v) is 27.4. The van der Waals surface area contributed by atoms with Crippen molar-refractivity contribution in [2.24, 2.45) is 41.4 Å². The van der Waals surface area contributed by atoms with Gasteiger partial charge in [-0.2, -0.15) is 0 Å². The van der Waals surface area contributed by atoms with Crippen molar-refractivity contribution in [3.05, 3.63) is 0 Å². The van der Waals surface area contributed by atoms with Crippen LogP contribution in [0.25, 0.3) is 0 Å². The van der Waals surface area contributed by atoms with Crippen LogP contribution in [0, 0.1) is 41.4 Å². The minimum absolute atomic E-state index is 0.0535. The van der Waals surface area contributed by atoms with Crippen molar-refractivity contribution in [2.45, 2.75) is 197 Å². The Bertz CT molecular complexity index is 2000. The predicted molar refractivity (Wildman–Crippen MR) is 290 cm³/mol. The summed E-state index contributed by atoms with van der Waals surface area (Å²) in [5.74, 6) is -8.32. The number of likely N-dealkylation sites (N-methyl/N-ethyl adjacent to an activating group) is 3. The fraction of sp³-hybridized carbons (Fsp3) is 0.796. The second-order valence-corrected chi connectivity index (χ2v) is 22.6. The second kappa shape index (κ2) is 32.7. The Morgan fingerprint density at radius 3 is 1.18 bits per heavy atom. The molecule has 22 nitrogen and oxygen atoms in total. The van der Waals surface area contributed by atoms with E-state index in [0.717, 1.165) is 0 Å². The molecule has 0 saturated carbocycles. The van der Waals surface area contributed by atoms with Crippen LogP contribution < -0.4 is 42.5 Å². The summed E-state index contributed by atoms with van der Waals surface area (Å²) < 4.78 is 0. The molecular formula is C54H97N11O11. The van der Waals surface area contributed by atoms with Gasteiger partial charge in [-0.25, -0.2) is 0 Å². The van der Waals surface area contributed by atoms with Crippen LogP contribution >= 0.6 is 0 Å². The predicted octanol–water partition coefficient (Wildman–Crippen LogP) is 1.60. The summed E-state index contributed by atoms with van der Waals surface area (Å²) in [6, 6.07) is -8.42. The zero-order chi connectivity index (χ0) is 58.5. The molecule has 1 saturated heterocycles. The molecule has 22 heteroatoms. The van der Waals surface area contributed by atoms with E-state index in [1.165, 1.54) is 42.8 Å².